The molecule has 0 saturated heterocycles. The molecule has 120 heavy (non-hydrogen) atoms. The lowest BCUT2D eigenvalue weighted by Gasteiger charge is -2.35. The number of benzene rings is 19. The molecule has 4 aromatic heterocycles. The molecular weight excluding hydrogens is 1520 g/mol. The predicted octanol–water partition coefficient (Wildman–Crippen LogP) is 25.2. The first kappa shape index (κ1) is 72.0. The number of anilines is 6. The molecule has 0 atom stereocenters. The minimum atomic E-state index is -2.84. The number of aromatic nitrogens is 2. The van der Waals surface area contributed by atoms with Crippen molar-refractivity contribution in [3.63, 3.8) is 0 Å². The molecule has 0 bridgehead atoms. The van der Waals surface area contributed by atoms with Gasteiger partial charge in [0.05, 0.1) is 39.1 Å². The summed E-state index contributed by atoms with van der Waals surface area (Å²) < 4.78 is 9.99. The predicted molar refractivity (Wildman–Crippen MR) is 521 cm³/mol. The Morgan fingerprint density at radius 2 is 0.508 bits per heavy atom. The minimum Gasteiger partial charge on any atom is -0.310 e. The van der Waals surface area contributed by atoms with Gasteiger partial charge in [-0.25, -0.2) is 0 Å². The van der Waals surface area contributed by atoms with E-state index in [1.807, 2.05) is 22.7 Å². The van der Waals surface area contributed by atoms with Gasteiger partial charge in [-0.2, -0.15) is 0 Å². The molecule has 19 aromatic carbocycles. The van der Waals surface area contributed by atoms with E-state index in [2.05, 4.69) is 492 Å². The van der Waals surface area contributed by atoms with E-state index < -0.39 is 16.1 Å². The number of hydrogen-bond acceptors (Lipinski definition) is 4. The average molecular weight is 1600 g/mol. The van der Waals surface area contributed by atoms with Gasteiger partial charge in [0, 0.05) is 90.3 Å². The van der Waals surface area contributed by atoms with Gasteiger partial charge < -0.3 is 18.9 Å². The molecule has 566 valence electrons. The normalized spacial score (nSPS) is 11.8. The summed E-state index contributed by atoms with van der Waals surface area (Å²) in [6.45, 7) is 0. The van der Waals surface area contributed by atoms with Gasteiger partial charge in [0.15, 0.2) is 16.1 Å². The summed E-state index contributed by atoms with van der Waals surface area (Å²) in [5.41, 5.74) is 13.9. The van der Waals surface area contributed by atoms with E-state index in [0.29, 0.717) is 0 Å². The third kappa shape index (κ3) is 12.0. The summed E-state index contributed by atoms with van der Waals surface area (Å²) in [5, 5.41) is 23.4. The fourth-order valence-electron chi connectivity index (χ4n) is 19.4. The van der Waals surface area contributed by atoms with Gasteiger partial charge in [0.2, 0.25) is 0 Å². The van der Waals surface area contributed by atoms with Crippen LogP contribution < -0.4 is 51.3 Å². The molecule has 0 aliphatic carbocycles. The maximum atomic E-state index is 2.55. The zero-order chi connectivity index (χ0) is 79.5. The average Bonchev–Trinajstić information content (AvgIpc) is 1.56. The molecular formula is C112H78N4S2Si2. The van der Waals surface area contributed by atoms with Crippen LogP contribution in [0, 0.1) is 0 Å². The summed E-state index contributed by atoms with van der Waals surface area (Å²) in [5.74, 6) is 0. The zero-order valence-corrected chi connectivity index (χ0v) is 69.3. The Kier molecular flexibility index (Phi) is 18.3. The topological polar surface area (TPSA) is 16.3 Å². The van der Waals surface area contributed by atoms with E-state index >= 15 is 0 Å². The highest BCUT2D eigenvalue weighted by Crippen LogP contribution is 2.50. The van der Waals surface area contributed by atoms with Crippen LogP contribution in [-0.2, 0) is 0 Å². The minimum absolute atomic E-state index is 1.12. The van der Waals surface area contributed by atoms with Crippen molar-refractivity contribution in [3.05, 3.63) is 473 Å². The van der Waals surface area contributed by atoms with Crippen LogP contribution >= 0.6 is 22.7 Å². The Bertz CT molecular complexity index is 7530. The largest absolute Gasteiger partial charge is 0.310 e. The molecule has 0 radical (unpaired) electrons. The van der Waals surface area contributed by atoms with E-state index in [1.54, 1.807) is 0 Å². The summed E-state index contributed by atoms with van der Waals surface area (Å²) in [6.07, 6.45) is 0. The van der Waals surface area contributed by atoms with Gasteiger partial charge in [-0.05, 0) is 174 Å². The number of rotatable bonds is 16. The molecule has 0 amide bonds. The quantitative estimate of drug-likeness (QED) is 0.0708. The van der Waals surface area contributed by atoms with Gasteiger partial charge in [-0.15, -0.1) is 22.7 Å². The van der Waals surface area contributed by atoms with Crippen LogP contribution in [0.1, 0.15) is 0 Å². The summed E-state index contributed by atoms with van der Waals surface area (Å²) >= 11 is 3.75. The van der Waals surface area contributed by atoms with Crippen LogP contribution in [0.2, 0.25) is 0 Å². The fourth-order valence-corrected chi connectivity index (χ4v) is 31.3. The van der Waals surface area contributed by atoms with Crippen molar-refractivity contribution in [3.8, 4) is 11.4 Å². The number of nitrogens with zero attached hydrogens (tertiary/aromatic N) is 4. The lowest BCUT2D eigenvalue weighted by molar-refractivity contribution is 1.18. The van der Waals surface area contributed by atoms with E-state index in [9.17, 15) is 0 Å². The van der Waals surface area contributed by atoms with Crippen LogP contribution in [0.3, 0.4) is 0 Å². The maximum absolute atomic E-state index is 2.84. The molecule has 0 aliphatic heterocycles. The molecule has 0 fully saturated rings. The lowest BCUT2D eigenvalue weighted by Crippen LogP contribution is -2.74. The molecule has 4 nitrogen and oxygen atoms in total. The second kappa shape index (κ2) is 30.5. The first-order chi connectivity index (χ1) is 59.6. The second-order valence-electron chi connectivity index (χ2n) is 30.9. The number of thiophene rings is 2. The van der Waals surface area contributed by atoms with Crippen LogP contribution in [0.15, 0.2) is 473 Å². The van der Waals surface area contributed by atoms with Crippen molar-refractivity contribution < 1.29 is 0 Å². The second-order valence-corrected chi connectivity index (χ2v) is 40.7. The molecule has 23 rings (SSSR count). The Labute approximate surface area is 707 Å². The summed E-state index contributed by atoms with van der Waals surface area (Å²) in [4.78, 5) is 5.07. The highest BCUT2D eigenvalue weighted by atomic mass is 32.1. The maximum Gasteiger partial charge on any atom is 0.179 e. The van der Waals surface area contributed by atoms with E-state index in [4.69, 9.17) is 0 Å². The first-order valence-electron chi connectivity index (χ1n) is 41.1. The molecule has 0 N–H and O–H groups in total. The van der Waals surface area contributed by atoms with Crippen molar-refractivity contribution in [1.29, 1.82) is 0 Å². The molecule has 23 aromatic rings. The van der Waals surface area contributed by atoms with E-state index in [0.717, 1.165) is 39.8 Å². The van der Waals surface area contributed by atoms with Gasteiger partial charge in [0.25, 0.3) is 0 Å². The SMILES string of the molecule is c1ccc(-n2c3ccccc3c3c(N(c4cccc([Si](c5ccccc5)(c5ccccc5)c5ccccc5)c4)c4ccc5c(c4)sc4ccc6ccccc6c45)cccc32)cc1.c1ccc(-n2c3ccccc3c3c(N(c4cccc([Si](c5ccccc5)(c5ccccc5)c5ccccc5)c4)c4cccc5sc6ccccc6c45)cccc32)cc1. The van der Waals surface area contributed by atoms with Crippen molar-refractivity contribution in [2.45, 2.75) is 0 Å². The smallest absolute Gasteiger partial charge is 0.179 e. The monoisotopic (exact) mass is 1600 g/mol. The van der Waals surface area contributed by atoms with Crippen LogP contribution in [0.25, 0.3) is 106 Å². The lowest BCUT2D eigenvalue weighted by atomic mass is 10.0. The molecule has 4 heterocycles. The van der Waals surface area contributed by atoms with Crippen LogP contribution in [0.4, 0.5) is 34.1 Å². The zero-order valence-electron chi connectivity index (χ0n) is 65.6. The number of para-hydroxylation sites is 4. The molecule has 0 spiro atoms. The van der Waals surface area contributed by atoms with Gasteiger partial charge in [-0.3, -0.25) is 0 Å². The van der Waals surface area contributed by atoms with E-state index in [-0.39, 0.29) is 0 Å². The van der Waals surface area contributed by atoms with Crippen LogP contribution in [-0.4, -0.2) is 25.3 Å². The molecule has 8 heteroatoms. The van der Waals surface area contributed by atoms with Crippen molar-refractivity contribution in [2.24, 2.45) is 0 Å². The van der Waals surface area contributed by atoms with Crippen molar-refractivity contribution in [2.75, 3.05) is 9.80 Å². The third-order valence-electron chi connectivity index (χ3n) is 24.4. The summed E-state index contributed by atoms with van der Waals surface area (Å²) in [6, 6.07) is 175. The fraction of sp³-hybridized carbons (Fsp3) is 0. The molecule has 0 unspecified atom stereocenters. The van der Waals surface area contributed by atoms with Gasteiger partial charge in [0.1, 0.15) is 0 Å². The highest BCUT2D eigenvalue weighted by Gasteiger charge is 2.44. The Morgan fingerprint density at radius 1 is 0.183 bits per heavy atom. The summed E-state index contributed by atoms with van der Waals surface area (Å²) in [7, 11) is -5.67. The van der Waals surface area contributed by atoms with E-state index in [1.165, 1.54) is 142 Å². The number of hydrogen-bond donors (Lipinski definition) is 0. The molecule has 0 saturated carbocycles. The first-order valence-corrected chi connectivity index (χ1v) is 46.8. The highest BCUT2D eigenvalue weighted by molar-refractivity contribution is 7.26. The Morgan fingerprint density at radius 3 is 0.992 bits per heavy atom. The van der Waals surface area contributed by atoms with Gasteiger partial charge >= 0.3 is 0 Å². The van der Waals surface area contributed by atoms with Crippen LogP contribution in [0.5, 0.6) is 0 Å². The number of fused-ring (bicyclic) bond motifs is 14. The Balaban J connectivity index is 0.000000144. The molecule has 0 aliphatic rings. The van der Waals surface area contributed by atoms with Crippen molar-refractivity contribution in [1.82, 2.24) is 9.13 Å². The van der Waals surface area contributed by atoms with Gasteiger partial charge in [-0.1, -0.05) is 352 Å². The third-order valence-corrected chi connectivity index (χ3v) is 36.2. The van der Waals surface area contributed by atoms with Crippen molar-refractivity contribution >= 4 is 209 Å². The Hall–Kier alpha value is -14.5. The standard InChI is InChI=1S/C58H40N2SSi.C54H38N2SSi/c1-5-20-42(21-6-1)60-52-32-16-15-31-50(52)58-53(33-18-34-54(58)60)59(44-36-37-51-56(40-44)61-55-38-35-41-19-13-14-30-49(41)57(51)55)43-22-17-29-48(39-43)62(45-23-7-2-8-24-45,46-25-9-3-10-26-46)47-27-11-4-12-28-47;1-5-20-39(21-6-1)55-47-32-15-13-30-45(47)53-48(55)33-18-34-49(53)56(50-35-19-37-52-54(50)46-31-14-16-36-51(46)57-52)40-22-17-29-44(38-40)58(41-23-7-2-8-24-41,42-25-9-3-10-26-42)43-27-11-4-12-28-43/h1-40H;1-38H.